The third-order valence-corrected chi connectivity index (χ3v) is 3.53. The second kappa shape index (κ2) is 5.44. The maximum absolute atomic E-state index is 12.6. The molecule has 5 heteroatoms. The van der Waals surface area contributed by atoms with Crippen LogP contribution in [0.1, 0.15) is 15.9 Å². The van der Waals surface area contributed by atoms with Gasteiger partial charge in [0.2, 0.25) is 0 Å². The van der Waals surface area contributed by atoms with Gasteiger partial charge in [0.25, 0.3) is 5.56 Å². The van der Waals surface area contributed by atoms with Gasteiger partial charge in [0.05, 0.1) is 29.3 Å². The number of hydrogen-bond acceptors (Lipinski definition) is 4. The molecule has 3 rings (SSSR count). The van der Waals surface area contributed by atoms with Crippen LogP contribution in [-0.4, -0.2) is 22.9 Å². The van der Waals surface area contributed by atoms with E-state index in [9.17, 15) is 9.59 Å². The first-order chi connectivity index (χ1) is 10.6. The minimum Gasteiger partial charge on any atom is -0.496 e. The Bertz CT molecular complexity index is 929. The van der Waals surface area contributed by atoms with Gasteiger partial charge in [0.1, 0.15) is 12.1 Å². The van der Waals surface area contributed by atoms with Crippen LogP contribution in [-0.2, 0) is 0 Å². The van der Waals surface area contributed by atoms with E-state index in [1.165, 1.54) is 18.0 Å². The highest BCUT2D eigenvalue weighted by molar-refractivity contribution is 5.81. The smallest absolute Gasteiger partial charge is 0.265 e. The number of nitrogens with zero attached hydrogens (tertiary/aromatic N) is 2. The number of benzene rings is 2. The Kier molecular flexibility index (Phi) is 3.47. The van der Waals surface area contributed by atoms with Crippen molar-refractivity contribution in [3.05, 3.63) is 64.2 Å². The summed E-state index contributed by atoms with van der Waals surface area (Å²) in [6.45, 7) is 1.92. The number of carbonyl (C=O) groups is 1. The molecule has 0 aliphatic heterocycles. The topological polar surface area (TPSA) is 61.2 Å². The van der Waals surface area contributed by atoms with Crippen LogP contribution in [0.4, 0.5) is 0 Å². The molecule has 110 valence electrons. The Labute approximate surface area is 126 Å². The lowest BCUT2D eigenvalue weighted by Gasteiger charge is -2.09. The quantitative estimate of drug-likeness (QED) is 0.696. The minimum absolute atomic E-state index is 0.171. The highest BCUT2D eigenvalue weighted by Gasteiger charge is 2.09. The molecular formula is C17H14N2O3. The number of aryl methyl sites for hydroxylation is 1. The van der Waals surface area contributed by atoms with Crippen molar-refractivity contribution >= 4 is 17.2 Å². The highest BCUT2D eigenvalue weighted by Crippen LogP contribution is 2.20. The monoisotopic (exact) mass is 294 g/mol. The second-order valence-corrected chi connectivity index (χ2v) is 4.98. The van der Waals surface area contributed by atoms with Crippen LogP contribution in [0.3, 0.4) is 0 Å². The third kappa shape index (κ3) is 2.26. The standard InChI is InChI=1S/C17H14N2O3/c1-11-3-5-15-14(7-11)17(21)19(10-18-15)13-4-6-16(22-2)12(8-13)9-20/h3-10H,1-2H3. The van der Waals surface area contributed by atoms with E-state index in [1.54, 1.807) is 18.2 Å². The summed E-state index contributed by atoms with van der Waals surface area (Å²) in [4.78, 5) is 28.1. The molecule has 0 spiro atoms. The zero-order valence-electron chi connectivity index (χ0n) is 12.2. The van der Waals surface area contributed by atoms with Gasteiger partial charge in [-0.2, -0.15) is 0 Å². The van der Waals surface area contributed by atoms with Crippen LogP contribution in [0, 0.1) is 6.92 Å². The van der Waals surface area contributed by atoms with Gasteiger partial charge >= 0.3 is 0 Å². The molecule has 0 aliphatic carbocycles. The molecule has 0 N–H and O–H groups in total. The van der Waals surface area contributed by atoms with Crippen molar-refractivity contribution in [2.24, 2.45) is 0 Å². The number of carbonyl (C=O) groups excluding carboxylic acids is 1. The average Bonchev–Trinajstić information content (AvgIpc) is 2.55. The fourth-order valence-corrected chi connectivity index (χ4v) is 2.38. The van der Waals surface area contributed by atoms with Crippen molar-refractivity contribution in [1.29, 1.82) is 0 Å². The molecule has 0 saturated carbocycles. The van der Waals surface area contributed by atoms with Crippen LogP contribution < -0.4 is 10.3 Å². The van der Waals surface area contributed by atoms with Crippen molar-refractivity contribution in [1.82, 2.24) is 9.55 Å². The van der Waals surface area contributed by atoms with Gasteiger partial charge in [-0.3, -0.25) is 14.2 Å². The first-order valence-electron chi connectivity index (χ1n) is 6.75. The zero-order chi connectivity index (χ0) is 15.7. The Morgan fingerprint density at radius 1 is 1.18 bits per heavy atom. The van der Waals surface area contributed by atoms with E-state index in [-0.39, 0.29) is 5.56 Å². The summed E-state index contributed by atoms with van der Waals surface area (Å²) in [6, 6.07) is 10.5. The molecule has 3 aromatic rings. The number of aldehydes is 1. The molecule has 22 heavy (non-hydrogen) atoms. The van der Waals surface area contributed by atoms with E-state index in [0.717, 1.165) is 5.56 Å². The van der Waals surface area contributed by atoms with E-state index < -0.39 is 0 Å². The first-order valence-corrected chi connectivity index (χ1v) is 6.75. The molecule has 2 aromatic carbocycles. The predicted octanol–water partition coefficient (Wildman–Crippen LogP) is 2.52. The van der Waals surface area contributed by atoms with Crippen LogP contribution in [0.25, 0.3) is 16.6 Å². The van der Waals surface area contributed by atoms with Gasteiger partial charge in [0, 0.05) is 0 Å². The summed E-state index contributed by atoms with van der Waals surface area (Å²) in [6.07, 6.45) is 2.17. The molecule has 0 fully saturated rings. The summed E-state index contributed by atoms with van der Waals surface area (Å²) >= 11 is 0. The predicted molar refractivity (Wildman–Crippen MR) is 84.0 cm³/mol. The van der Waals surface area contributed by atoms with E-state index >= 15 is 0 Å². The molecule has 0 amide bonds. The van der Waals surface area contributed by atoms with Gasteiger partial charge in [-0.05, 0) is 37.3 Å². The molecule has 0 radical (unpaired) electrons. The summed E-state index contributed by atoms with van der Waals surface area (Å²) in [5.41, 5.74) is 2.43. The van der Waals surface area contributed by atoms with Gasteiger partial charge in [-0.1, -0.05) is 11.6 Å². The molecule has 0 atom stereocenters. The SMILES string of the molecule is COc1ccc(-n2cnc3ccc(C)cc3c2=O)cc1C=O. The maximum atomic E-state index is 12.6. The van der Waals surface area contributed by atoms with Crippen LogP contribution >= 0.6 is 0 Å². The van der Waals surface area contributed by atoms with E-state index in [4.69, 9.17) is 4.74 Å². The maximum Gasteiger partial charge on any atom is 0.265 e. The second-order valence-electron chi connectivity index (χ2n) is 4.98. The molecule has 1 aromatic heterocycles. The molecule has 0 bridgehead atoms. The van der Waals surface area contributed by atoms with Crippen molar-refractivity contribution in [3.8, 4) is 11.4 Å². The summed E-state index contributed by atoms with van der Waals surface area (Å²) in [5, 5.41) is 0.547. The largest absolute Gasteiger partial charge is 0.496 e. The number of hydrogen-bond donors (Lipinski definition) is 0. The lowest BCUT2D eigenvalue weighted by atomic mass is 10.1. The number of fused-ring (bicyclic) bond motifs is 1. The van der Waals surface area contributed by atoms with E-state index in [2.05, 4.69) is 4.98 Å². The number of methoxy groups -OCH3 is 1. The number of aromatic nitrogens is 2. The third-order valence-electron chi connectivity index (χ3n) is 3.53. The Balaban J connectivity index is 2.24. The lowest BCUT2D eigenvalue weighted by Crippen LogP contribution is -2.19. The summed E-state index contributed by atoms with van der Waals surface area (Å²) in [5.74, 6) is 0.469. The van der Waals surface area contributed by atoms with E-state index in [0.29, 0.717) is 34.2 Å². The van der Waals surface area contributed by atoms with Gasteiger partial charge in [0.15, 0.2) is 6.29 Å². The van der Waals surface area contributed by atoms with Crippen LogP contribution in [0.5, 0.6) is 5.75 Å². The molecule has 0 saturated heterocycles. The average molecular weight is 294 g/mol. The molecule has 5 nitrogen and oxygen atoms in total. The Morgan fingerprint density at radius 2 is 2.00 bits per heavy atom. The fourth-order valence-electron chi connectivity index (χ4n) is 2.38. The fraction of sp³-hybridized carbons (Fsp3) is 0.118. The zero-order valence-corrected chi connectivity index (χ0v) is 12.2. The van der Waals surface area contributed by atoms with Gasteiger partial charge < -0.3 is 4.74 Å². The van der Waals surface area contributed by atoms with Crippen LogP contribution in [0.15, 0.2) is 47.5 Å². The molecular weight excluding hydrogens is 280 g/mol. The van der Waals surface area contributed by atoms with Crippen molar-refractivity contribution in [3.63, 3.8) is 0 Å². The number of rotatable bonds is 3. The first kappa shape index (κ1) is 14.0. The van der Waals surface area contributed by atoms with Crippen molar-refractivity contribution in [2.45, 2.75) is 6.92 Å². The molecule has 0 unspecified atom stereocenters. The van der Waals surface area contributed by atoms with Crippen LogP contribution in [0.2, 0.25) is 0 Å². The summed E-state index contributed by atoms with van der Waals surface area (Å²) in [7, 11) is 1.49. The summed E-state index contributed by atoms with van der Waals surface area (Å²) < 4.78 is 6.53. The lowest BCUT2D eigenvalue weighted by molar-refractivity contribution is 0.112. The Hall–Kier alpha value is -2.95. The van der Waals surface area contributed by atoms with E-state index in [1.807, 2.05) is 25.1 Å². The molecule has 1 heterocycles. The molecule has 0 aliphatic rings. The van der Waals surface area contributed by atoms with Crippen molar-refractivity contribution in [2.75, 3.05) is 7.11 Å². The highest BCUT2D eigenvalue weighted by atomic mass is 16.5. The normalized spacial score (nSPS) is 10.6. The van der Waals surface area contributed by atoms with Gasteiger partial charge in [-0.25, -0.2) is 4.98 Å². The minimum atomic E-state index is -0.171. The van der Waals surface area contributed by atoms with Gasteiger partial charge in [-0.15, -0.1) is 0 Å². The van der Waals surface area contributed by atoms with Crippen molar-refractivity contribution < 1.29 is 9.53 Å². The Morgan fingerprint density at radius 3 is 2.73 bits per heavy atom. The number of ether oxygens (including phenoxy) is 1.